The van der Waals surface area contributed by atoms with E-state index in [0.29, 0.717) is 37.1 Å². The van der Waals surface area contributed by atoms with Crippen LogP contribution in [0.2, 0.25) is 0 Å². The van der Waals surface area contributed by atoms with Crippen LogP contribution in [-0.4, -0.2) is 103 Å². The van der Waals surface area contributed by atoms with Crippen molar-refractivity contribution in [3.8, 4) is 0 Å². The quantitative estimate of drug-likeness (QED) is 0.303. The van der Waals surface area contributed by atoms with Crippen LogP contribution in [0.5, 0.6) is 0 Å². The lowest BCUT2D eigenvalue weighted by Crippen LogP contribution is -2.43. The number of methoxy groups -OCH3 is 2. The number of nitrogens with zero attached hydrogens (tertiary/aromatic N) is 2. The molecule has 2 aliphatic heterocycles. The first-order valence-corrected chi connectivity index (χ1v) is 13.3. The maximum absolute atomic E-state index is 11.7. The van der Waals surface area contributed by atoms with Crippen molar-refractivity contribution in [2.45, 2.75) is 52.1 Å². The molecule has 0 spiro atoms. The molecule has 0 aromatic rings. The first kappa shape index (κ1) is 32.9. The van der Waals surface area contributed by atoms with Gasteiger partial charge in [-0.1, -0.05) is 15.9 Å². The average Bonchev–Trinajstić information content (AvgIpc) is 2.83. The Hall–Kier alpha value is -1.10. The Morgan fingerprint density at radius 3 is 1.68 bits per heavy atom. The largest absolute Gasteiger partial charge is 0.469 e. The van der Waals surface area contributed by atoms with Crippen LogP contribution in [0, 0.1) is 11.8 Å². The molecule has 200 valence electrons. The van der Waals surface area contributed by atoms with E-state index in [4.69, 9.17) is 30.9 Å². The van der Waals surface area contributed by atoms with Crippen LogP contribution in [0.4, 0.5) is 4.79 Å². The minimum absolute atomic E-state index is 0.0643. The summed E-state index contributed by atoms with van der Waals surface area (Å²) in [6.45, 7) is 9.71. The van der Waals surface area contributed by atoms with Crippen molar-refractivity contribution < 1.29 is 33.7 Å². The number of halogens is 2. The van der Waals surface area contributed by atoms with Crippen LogP contribution in [0.15, 0.2) is 0 Å². The number of carbonyl (C=O) groups is 3. The summed E-state index contributed by atoms with van der Waals surface area (Å²) in [4.78, 5) is 38.2. The number of alkyl halides is 2. The first-order chi connectivity index (χ1) is 16.0. The van der Waals surface area contributed by atoms with Crippen LogP contribution < -0.4 is 0 Å². The van der Waals surface area contributed by atoms with Crippen molar-refractivity contribution in [1.29, 1.82) is 0 Å². The normalized spacial score (nSPS) is 17.5. The molecule has 0 atom stereocenters. The molecule has 0 aliphatic carbocycles. The molecule has 1 N–H and O–H groups in total. The van der Waals surface area contributed by atoms with E-state index in [9.17, 15) is 14.4 Å². The highest BCUT2D eigenvalue weighted by Crippen LogP contribution is 2.20. The van der Waals surface area contributed by atoms with Crippen molar-refractivity contribution in [3.05, 3.63) is 0 Å². The number of hydrogen-bond acceptors (Lipinski definition) is 8. The molecule has 0 unspecified atom stereocenters. The maximum Gasteiger partial charge on any atom is 0.410 e. The van der Waals surface area contributed by atoms with Crippen LogP contribution >= 0.6 is 27.5 Å². The molecule has 2 rings (SSSR count). The van der Waals surface area contributed by atoms with Crippen LogP contribution in [0.1, 0.15) is 46.5 Å². The number of rotatable bonds is 5. The zero-order chi connectivity index (χ0) is 26.1. The summed E-state index contributed by atoms with van der Waals surface area (Å²) in [7, 11) is 2.84. The lowest BCUT2D eigenvalue weighted by atomic mass is 9.97. The van der Waals surface area contributed by atoms with E-state index in [1.807, 2.05) is 20.8 Å². The summed E-state index contributed by atoms with van der Waals surface area (Å²) in [6, 6.07) is 0. The highest BCUT2D eigenvalue weighted by Gasteiger charge is 2.30. The third kappa shape index (κ3) is 14.3. The second-order valence-corrected chi connectivity index (χ2v) is 10.2. The van der Waals surface area contributed by atoms with Gasteiger partial charge in [0.05, 0.1) is 32.7 Å². The molecular formula is C23H42BrClN2O7. The summed E-state index contributed by atoms with van der Waals surface area (Å²) in [6.07, 6.45) is 2.80. The highest BCUT2D eigenvalue weighted by molar-refractivity contribution is 9.09. The predicted octanol–water partition coefficient (Wildman–Crippen LogP) is 3.29. The number of aliphatic hydroxyl groups is 1. The van der Waals surface area contributed by atoms with E-state index in [1.165, 1.54) is 14.2 Å². The SMILES string of the molecule is COC(=O)C1CCN(C(=O)OC(C)(C)C)CC1.COC(=O)C1CCN(CCCl)CC1.OCCBr. The zero-order valence-corrected chi connectivity index (χ0v) is 23.5. The van der Waals surface area contributed by atoms with Crippen LogP contribution in [-0.2, 0) is 23.8 Å². The zero-order valence-electron chi connectivity index (χ0n) is 21.2. The molecule has 0 aromatic carbocycles. The highest BCUT2D eigenvalue weighted by atomic mass is 79.9. The summed E-state index contributed by atoms with van der Waals surface area (Å²) < 4.78 is 14.7. The summed E-state index contributed by atoms with van der Waals surface area (Å²) in [5.41, 5.74) is -0.476. The Balaban J connectivity index is 0.000000567. The molecule has 2 heterocycles. The minimum Gasteiger partial charge on any atom is -0.469 e. The molecule has 2 fully saturated rings. The second-order valence-electron chi connectivity index (χ2n) is 9.01. The molecular weight excluding hydrogens is 532 g/mol. The van der Waals surface area contributed by atoms with Gasteiger partial charge in [-0.3, -0.25) is 9.59 Å². The van der Waals surface area contributed by atoms with Crippen molar-refractivity contribution in [2.75, 3.05) is 64.8 Å². The number of esters is 2. The lowest BCUT2D eigenvalue weighted by molar-refractivity contribution is -0.147. The molecule has 0 aromatic heterocycles. The molecule has 2 saturated heterocycles. The molecule has 0 radical (unpaired) electrons. The van der Waals surface area contributed by atoms with Gasteiger partial charge in [0.1, 0.15) is 5.60 Å². The third-order valence-electron chi connectivity index (χ3n) is 5.29. The van der Waals surface area contributed by atoms with E-state index < -0.39 is 5.60 Å². The number of carbonyl (C=O) groups excluding carboxylic acids is 3. The van der Waals surface area contributed by atoms with E-state index in [-0.39, 0.29) is 36.5 Å². The van der Waals surface area contributed by atoms with Crippen molar-refractivity contribution >= 4 is 45.6 Å². The number of amides is 1. The molecule has 11 heteroatoms. The van der Waals surface area contributed by atoms with E-state index >= 15 is 0 Å². The average molecular weight is 574 g/mol. The fraction of sp³-hybridized carbons (Fsp3) is 0.870. The number of ether oxygens (including phenoxy) is 3. The second kappa shape index (κ2) is 18.2. The topological polar surface area (TPSA) is 106 Å². The fourth-order valence-corrected chi connectivity index (χ4v) is 3.71. The van der Waals surface area contributed by atoms with Gasteiger partial charge < -0.3 is 29.1 Å². The Bertz CT molecular complexity index is 586. The first-order valence-electron chi connectivity index (χ1n) is 11.6. The molecule has 34 heavy (non-hydrogen) atoms. The summed E-state index contributed by atoms with van der Waals surface area (Å²) in [5, 5.41) is 8.52. The predicted molar refractivity (Wildman–Crippen MR) is 135 cm³/mol. The van der Waals surface area contributed by atoms with Crippen molar-refractivity contribution in [1.82, 2.24) is 9.80 Å². The van der Waals surface area contributed by atoms with Crippen LogP contribution in [0.3, 0.4) is 0 Å². The Labute approximate surface area is 217 Å². The maximum atomic E-state index is 11.7. The molecule has 9 nitrogen and oxygen atoms in total. The van der Waals surface area contributed by atoms with E-state index in [2.05, 4.69) is 20.8 Å². The smallest absolute Gasteiger partial charge is 0.410 e. The van der Waals surface area contributed by atoms with Gasteiger partial charge in [-0.25, -0.2) is 4.79 Å². The van der Waals surface area contributed by atoms with Gasteiger partial charge in [0.25, 0.3) is 0 Å². The van der Waals surface area contributed by atoms with Gasteiger partial charge >= 0.3 is 18.0 Å². The van der Waals surface area contributed by atoms with Gasteiger partial charge in [-0.2, -0.15) is 0 Å². The summed E-state index contributed by atoms with van der Waals surface area (Å²) >= 11 is 8.63. The third-order valence-corrected chi connectivity index (χ3v) is 5.81. The standard InChI is InChI=1S/C12H21NO4.C9H16ClNO2.C2H5BrO/c1-12(2,3)17-11(15)13-7-5-9(6-8-13)10(14)16-4;1-13-9(12)8-2-5-11(6-3-8)7-4-10;3-1-2-4/h9H,5-8H2,1-4H3;8H,2-7H2,1H3;4H,1-2H2. The lowest BCUT2D eigenvalue weighted by Gasteiger charge is -2.32. The molecule has 0 bridgehead atoms. The number of aliphatic hydroxyl groups excluding tert-OH is 1. The molecule has 0 saturated carbocycles. The van der Waals surface area contributed by atoms with Gasteiger partial charge in [0.2, 0.25) is 0 Å². The number of likely N-dealkylation sites (tertiary alicyclic amines) is 2. The van der Waals surface area contributed by atoms with Gasteiger partial charge in [0.15, 0.2) is 0 Å². The van der Waals surface area contributed by atoms with E-state index in [0.717, 1.165) is 32.5 Å². The Kier molecular flexibility index (Phi) is 17.6. The Morgan fingerprint density at radius 2 is 1.35 bits per heavy atom. The van der Waals surface area contributed by atoms with E-state index in [1.54, 1.807) is 4.90 Å². The Morgan fingerprint density at radius 1 is 0.941 bits per heavy atom. The monoisotopic (exact) mass is 572 g/mol. The number of piperidine rings is 2. The van der Waals surface area contributed by atoms with Gasteiger partial charge in [0, 0.05) is 30.8 Å². The van der Waals surface area contributed by atoms with Gasteiger partial charge in [-0.15, -0.1) is 11.6 Å². The van der Waals surface area contributed by atoms with Crippen LogP contribution in [0.25, 0.3) is 0 Å². The molecule has 1 amide bonds. The number of hydrogen-bond donors (Lipinski definition) is 1. The summed E-state index contributed by atoms with van der Waals surface area (Å²) in [5.74, 6) is 0.442. The fourth-order valence-electron chi connectivity index (χ4n) is 3.47. The molecule has 2 aliphatic rings. The van der Waals surface area contributed by atoms with Crippen molar-refractivity contribution in [2.24, 2.45) is 11.8 Å². The minimum atomic E-state index is -0.476. The van der Waals surface area contributed by atoms with Crippen molar-refractivity contribution in [3.63, 3.8) is 0 Å². The van der Waals surface area contributed by atoms with Gasteiger partial charge in [-0.05, 0) is 59.5 Å².